The summed E-state index contributed by atoms with van der Waals surface area (Å²) in [6, 6.07) is 14.8. The quantitative estimate of drug-likeness (QED) is 0.570. The van der Waals surface area contributed by atoms with E-state index in [-0.39, 0.29) is 5.78 Å². The minimum absolute atomic E-state index is 0.104. The number of benzene rings is 2. The van der Waals surface area contributed by atoms with Crippen molar-refractivity contribution in [3.63, 3.8) is 0 Å². The van der Waals surface area contributed by atoms with Crippen LogP contribution in [0.1, 0.15) is 10.4 Å². The van der Waals surface area contributed by atoms with E-state index in [0.29, 0.717) is 16.3 Å². The van der Waals surface area contributed by atoms with E-state index in [2.05, 4.69) is 15.9 Å². The average Bonchev–Trinajstić information content (AvgIpc) is 2.38. The van der Waals surface area contributed by atoms with Crippen molar-refractivity contribution >= 4 is 45.1 Å². The molecule has 0 unspecified atom stereocenters. The summed E-state index contributed by atoms with van der Waals surface area (Å²) in [5.74, 6) is 0.525. The minimum Gasteiger partial charge on any atom is -0.293 e. The molecule has 0 fully saturated rings. The number of hydrogen-bond donors (Lipinski definition) is 0. The molecule has 0 amide bonds. The molecule has 0 heterocycles. The predicted molar refractivity (Wildman–Crippen MR) is 80.6 cm³/mol. The van der Waals surface area contributed by atoms with Crippen LogP contribution in [0, 0.1) is 0 Å². The normalized spacial score (nSPS) is 10.3. The lowest BCUT2D eigenvalue weighted by Gasteiger charge is -2.03. The molecule has 0 aliphatic rings. The summed E-state index contributed by atoms with van der Waals surface area (Å²) in [6.45, 7) is 0. The van der Waals surface area contributed by atoms with Gasteiger partial charge in [-0.05, 0) is 52.3 Å². The maximum absolute atomic E-state index is 12.0. The summed E-state index contributed by atoms with van der Waals surface area (Å²) in [4.78, 5) is 13.0. The van der Waals surface area contributed by atoms with Gasteiger partial charge in [-0.1, -0.05) is 23.7 Å². The minimum atomic E-state index is 0.104. The molecule has 0 atom stereocenters. The van der Waals surface area contributed by atoms with Gasteiger partial charge in [-0.25, -0.2) is 0 Å². The number of halogens is 2. The fourth-order valence-corrected chi connectivity index (χ4v) is 3.01. The monoisotopic (exact) mass is 340 g/mol. The fourth-order valence-electron chi connectivity index (χ4n) is 1.42. The van der Waals surface area contributed by atoms with Crippen LogP contribution in [0.25, 0.3) is 0 Å². The maximum Gasteiger partial charge on any atom is 0.173 e. The van der Waals surface area contributed by atoms with Crippen LogP contribution < -0.4 is 0 Å². The smallest absolute Gasteiger partial charge is 0.173 e. The van der Waals surface area contributed by atoms with Gasteiger partial charge in [0.15, 0.2) is 5.78 Å². The molecule has 0 N–H and O–H groups in total. The fraction of sp³-hybridized carbons (Fsp3) is 0.0714. The van der Waals surface area contributed by atoms with Crippen molar-refractivity contribution in [2.75, 3.05) is 5.75 Å². The van der Waals surface area contributed by atoms with Crippen LogP contribution in [-0.4, -0.2) is 11.5 Å². The summed E-state index contributed by atoms with van der Waals surface area (Å²) < 4.78 is 1.01. The largest absolute Gasteiger partial charge is 0.293 e. The zero-order valence-electron chi connectivity index (χ0n) is 9.40. The van der Waals surface area contributed by atoms with E-state index in [1.54, 1.807) is 24.3 Å². The van der Waals surface area contributed by atoms with E-state index in [0.717, 1.165) is 9.37 Å². The van der Waals surface area contributed by atoms with Gasteiger partial charge < -0.3 is 0 Å². The van der Waals surface area contributed by atoms with E-state index >= 15 is 0 Å². The van der Waals surface area contributed by atoms with Crippen LogP contribution in [0.3, 0.4) is 0 Å². The van der Waals surface area contributed by atoms with E-state index < -0.39 is 0 Å². The van der Waals surface area contributed by atoms with Crippen LogP contribution in [0.2, 0.25) is 5.02 Å². The van der Waals surface area contributed by atoms with Crippen LogP contribution in [0.4, 0.5) is 0 Å². The van der Waals surface area contributed by atoms with Gasteiger partial charge in [-0.2, -0.15) is 0 Å². The highest BCUT2D eigenvalue weighted by molar-refractivity contribution is 9.10. The SMILES string of the molecule is O=C(CSc1ccccc1Br)c1ccc(Cl)cc1. The predicted octanol–water partition coefficient (Wildman–Crippen LogP) is 5.08. The van der Waals surface area contributed by atoms with Crippen LogP contribution in [0.15, 0.2) is 57.9 Å². The van der Waals surface area contributed by atoms with Gasteiger partial charge in [-0.15, -0.1) is 11.8 Å². The van der Waals surface area contributed by atoms with Crippen molar-refractivity contribution in [1.29, 1.82) is 0 Å². The molecule has 92 valence electrons. The second-order valence-corrected chi connectivity index (χ2v) is 5.96. The molecule has 0 bridgehead atoms. The van der Waals surface area contributed by atoms with E-state index in [4.69, 9.17) is 11.6 Å². The van der Waals surface area contributed by atoms with Crippen molar-refractivity contribution in [3.05, 3.63) is 63.6 Å². The Hall–Kier alpha value is -0.770. The summed E-state index contributed by atoms with van der Waals surface area (Å²) in [6.07, 6.45) is 0. The zero-order chi connectivity index (χ0) is 13.0. The Kier molecular flexibility index (Phi) is 4.87. The molecule has 0 radical (unpaired) electrons. The lowest BCUT2D eigenvalue weighted by atomic mass is 10.1. The van der Waals surface area contributed by atoms with Crippen LogP contribution in [0.5, 0.6) is 0 Å². The van der Waals surface area contributed by atoms with E-state index in [1.807, 2.05) is 24.3 Å². The van der Waals surface area contributed by atoms with Gasteiger partial charge in [0, 0.05) is 20.0 Å². The third kappa shape index (κ3) is 3.61. The second kappa shape index (κ2) is 6.41. The molecule has 0 saturated carbocycles. The molecule has 2 aromatic carbocycles. The Labute approximate surface area is 124 Å². The molecule has 0 aliphatic carbocycles. The molecule has 2 aromatic rings. The Morgan fingerprint density at radius 1 is 1.11 bits per heavy atom. The van der Waals surface area contributed by atoms with Crippen molar-refractivity contribution in [3.8, 4) is 0 Å². The number of carbonyl (C=O) groups is 1. The molecule has 0 saturated heterocycles. The Morgan fingerprint density at radius 3 is 2.44 bits per heavy atom. The summed E-state index contributed by atoms with van der Waals surface area (Å²) >= 11 is 10.8. The molecule has 4 heteroatoms. The Bertz CT molecular complexity index is 554. The van der Waals surface area contributed by atoms with E-state index in [9.17, 15) is 4.79 Å². The summed E-state index contributed by atoms with van der Waals surface area (Å²) in [5, 5.41) is 0.644. The standard InChI is InChI=1S/C14H10BrClOS/c15-12-3-1-2-4-14(12)18-9-13(17)10-5-7-11(16)8-6-10/h1-8H,9H2. The summed E-state index contributed by atoms with van der Waals surface area (Å²) in [7, 11) is 0. The maximum atomic E-state index is 12.0. The molecule has 0 aliphatic heterocycles. The lowest BCUT2D eigenvalue weighted by Crippen LogP contribution is -2.01. The van der Waals surface area contributed by atoms with Gasteiger partial charge in [-0.3, -0.25) is 4.79 Å². The topological polar surface area (TPSA) is 17.1 Å². The molecule has 2 rings (SSSR count). The molecule has 18 heavy (non-hydrogen) atoms. The van der Waals surface area contributed by atoms with Crippen molar-refractivity contribution in [1.82, 2.24) is 0 Å². The molecule has 1 nitrogen and oxygen atoms in total. The van der Waals surface area contributed by atoms with Gasteiger partial charge in [0.05, 0.1) is 5.75 Å². The highest BCUT2D eigenvalue weighted by atomic mass is 79.9. The number of ketones is 1. The van der Waals surface area contributed by atoms with Gasteiger partial charge in [0.2, 0.25) is 0 Å². The van der Waals surface area contributed by atoms with E-state index in [1.165, 1.54) is 11.8 Å². The summed E-state index contributed by atoms with van der Waals surface area (Å²) in [5.41, 5.74) is 0.693. The Morgan fingerprint density at radius 2 is 1.78 bits per heavy atom. The first-order valence-electron chi connectivity index (χ1n) is 5.33. The second-order valence-electron chi connectivity index (χ2n) is 3.65. The highest BCUT2D eigenvalue weighted by Crippen LogP contribution is 2.27. The first-order chi connectivity index (χ1) is 8.66. The molecular formula is C14H10BrClOS. The third-order valence-corrected chi connectivity index (χ3v) is 4.64. The first-order valence-corrected chi connectivity index (χ1v) is 7.48. The van der Waals surface area contributed by atoms with Crippen molar-refractivity contribution < 1.29 is 4.79 Å². The van der Waals surface area contributed by atoms with Crippen molar-refractivity contribution in [2.24, 2.45) is 0 Å². The molecule has 0 aromatic heterocycles. The van der Waals surface area contributed by atoms with Crippen molar-refractivity contribution in [2.45, 2.75) is 4.90 Å². The van der Waals surface area contributed by atoms with Gasteiger partial charge in [0.1, 0.15) is 0 Å². The van der Waals surface area contributed by atoms with Crippen LogP contribution in [-0.2, 0) is 0 Å². The third-order valence-electron chi connectivity index (χ3n) is 2.36. The number of hydrogen-bond acceptors (Lipinski definition) is 2. The lowest BCUT2D eigenvalue weighted by molar-refractivity contribution is 0.102. The first kappa shape index (κ1) is 13.7. The van der Waals surface area contributed by atoms with Crippen LogP contribution >= 0.6 is 39.3 Å². The average molecular weight is 342 g/mol. The number of rotatable bonds is 4. The van der Waals surface area contributed by atoms with Gasteiger partial charge >= 0.3 is 0 Å². The highest BCUT2D eigenvalue weighted by Gasteiger charge is 2.07. The Balaban J connectivity index is 2.01. The molecular weight excluding hydrogens is 332 g/mol. The molecule has 0 spiro atoms. The number of Topliss-reactive ketones (excluding diaryl/α,β-unsaturated/α-hetero) is 1. The number of thioether (sulfide) groups is 1. The zero-order valence-corrected chi connectivity index (χ0v) is 12.6. The number of carbonyl (C=O) groups excluding carboxylic acids is 1. The van der Waals surface area contributed by atoms with Gasteiger partial charge in [0.25, 0.3) is 0 Å².